The molecule has 1 aliphatic rings. The van der Waals surface area contributed by atoms with Crippen molar-refractivity contribution in [2.24, 2.45) is 0 Å². The standard InChI is InChI=1S/C12H26N2O/c1-11-5-4-6-12(2)14(11)9-7-13-8-10-15-3/h11-13H,4-10H2,1-3H3. The van der Waals surface area contributed by atoms with Crippen LogP contribution in [0.5, 0.6) is 0 Å². The van der Waals surface area contributed by atoms with E-state index >= 15 is 0 Å². The fraction of sp³-hybridized carbons (Fsp3) is 1.00. The molecule has 0 radical (unpaired) electrons. The average Bonchev–Trinajstić information content (AvgIpc) is 2.21. The van der Waals surface area contributed by atoms with Crippen molar-refractivity contribution in [3.8, 4) is 0 Å². The summed E-state index contributed by atoms with van der Waals surface area (Å²) in [7, 11) is 1.75. The number of ether oxygens (including phenoxy) is 1. The van der Waals surface area contributed by atoms with Gasteiger partial charge in [-0.1, -0.05) is 6.42 Å². The number of nitrogens with zero attached hydrogens (tertiary/aromatic N) is 1. The molecule has 1 rings (SSSR count). The molecule has 1 N–H and O–H groups in total. The highest BCUT2D eigenvalue weighted by molar-refractivity contribution is 4.79. The molecule has 3 nitrogen and oxygen atoms in total. The highest BCUT2D eigenvalue weighted by Crippen LogP contribution is 2.21. The molecule has 0 amide bonds. The van der Waals surface area contributed by atoms with Gasteiger partial charge in [0.25, 0.3) is 0 Å². The van der Waals surface area contributed by atoms with Crippen LogP contribution in [0, 0.1) is 0 Å². The molecule has 0 saturated carbocycles. The second-order valence-electron chi connectivity index (χ2n) is 4.61. The molecular weight excluding hydrogens is 188 g/mol. The van der Waals surface area contributed by atoms with Gasteiger partial charge < -0.3 is 10.1 Å². The van der Waals surface area contributed by atoms with E-state index in [1.54, 1.807) is 7.11 Å². The summed E-state index contributed by atoms with van der Waals surface area (Å²) in [6, 6.07) is 1.52. The van der Waals surface area contributed by atoms with Crippen LogP contribution in [0.1, 0.15) is 33.1 Å². The van der Waals surface area contributed by atoms with Gasteiger partial charge >= 0.3 is 0 Å². The molecule has 2 unspecified atom stereocenters. The van der Waals surface area contributed by atoms with Gasteiger partial charge in [0.05, 0.1) is 6.61 Å². The van der Waals surface area contributed by atoms with Crippen LogP contribution < -0.4 is 5.32 Å². The van der Waals surface area contributed by atoms with Gasteiger partial charge in [0.2, 0.25) is 0 Å². The minimum atomic E-state index is 0.762. The predicted molar refractivity (Wildman–Crippen MR) is 64.2 cm³/mol. The average molecular weight is 214 g/mol. The molecule has 1 aliphatic heterocycles. The van der Waals surface area contributed by atoms with Crippen molar-refractivity contribution in [3.05, 3.63) is 0 Å². The lowest BCUT2D eigenvalue weighted by Gasteiger charge is -2.39. The second-order valence-corrected chi connectivity index (χ2v) is 4.61. The first-order valence-electron chi connectivity index (χ1n) is 6.21. The summed E-state index contributed by atoms with van der Waals surface area (Å²) < 4.78 is 5.00. The van der Waals surface area contributed by atoms with Crippen molar-refractivity contribution in [2.45, 2.75) is 45.2 Å². The molecule has 2 atom stereocenters. The van der Waals surface area contributed by atoms with E-state index in [0.29, 0.717) is 0 Å². The lowest BCUT2D eigenvalue weighted by Crippen LogP contribution is -2.46. The summed E-state index contributed by atoms with van der Waals surface area (Å²) in [5.74, 6) is 0. The molecule has 0 aromatic carbocycles. The Hall–Kier alpha value is -0.120. The number of piperidine rings is 1. The molecule has 0 aliphatic carbocycles. The summed E-state index contributed by atoms with van der Waals surface area (Å²) in [4.78, 5) is 2.63. The SMILES string of the molecule is COCCNCCN1C(C)CCCC1C. The van der Waals surface area contributed by atoms with Gasteiger partial charge in [-0.15, -0.1) is 0 Å². The van der Waals surface area contributed by atoms with E-state index in [0.717, 1.165) is 31.8 Å². The Morgan fingerprint density at radius 2 is 1.87 bits per heavy atom. The molecule has 15 heavy (non-hydrogen) atoms. The van der Waals surface area contributed by atoms with Crippen LogP contribution in [0.4, 0.5) is 0 Å². The van der Waals surface area contributed by atoms with E-state index in [4.69, 9.17) is 4.74 Å². The minimum Gasteiger partial charge on any atom is -0.383 e. The number of hydrogen-bond donors (Lipinski definition) is 1. The van der Waals surface area contributed by atoms with Crippen molar-refractivity contribution in [3.63, 3.8) is 0 Å². The van der Waals surface area contributed by atoms with Gasteiger partial charge in [-0.3, -0.25) is 4.90 Å². The van der Waals surface area contributed by atoms with Gasteiger partial charge in [0.15, 0.2) is 0 Å². The Bertz CT molecular complexity index is 154. The molecule has 0 bridgehead atoms. The highest BCUT2D eigenvalue weighted by Gasteiger charge is 2.23. The summed E-state index contributed by atoms with van der Waals surface area (Å²) >= 11 is 0. The molecule has 0 spiro atoms. The quantitative estimate of drug-likeness (QED) is 0.678. The Balaban J connectivity index is 2.12. The smallest absolute Gasteiger partial charge is 0.0587 e. The summed E-state index contributed by atoms with van der Waals surface area (Å²) in [5, 5.41) is 3.41. The maximum Gasteiger partial charge on any atom is 0.0587 e. The third-order valence-corrected chi connectivity index (χ3v) is 3.41. The Kier molecular flexibility index (Phi) is 6.22. The minimum absolute atomic E-state index is 0.762. The zero-order valence-corrected chi connectivity index (χ0v) is 10.5. The van der Waals surface area contributed by atoms with Crippen LogP contribution in [-0.2, 0) is 4.74 Å². The number of nitrogens with one attached hydrogen (secondary N) is 1. The van der Waals surface area contributed by atoms with Gasteiger partial charge in [-0.25, -0.2) is 0 Å². The van der Waals surface area contributed by atoms with E-state index in [2.05, 4.69) is 24.1 Å². The van der Waals surface area contributed by atoms with Crippen molar-refractivity contribution in [1.29, 1.82) is 0 Å². The molecule has 3 heteroatoms. The lowest BCUT2D eigenvalue weighted by atomic mass is 9.98. The second kappa shape index (κ2) is 7.20. The van der Waals surface area contributed by atoms with Crippen LogP contribution in [0.2, 0.25) is 0 Å². The first-order valence-corrected chi connectivity index (χ1v) is 6.21. The van der Waals surface area contributed by atoms with E-state index in [-0.39, 0.29) is 0 Å². The highest BCUT2D eigenvalue weighted by atomic mass is 16.5. The van der Waals surface area contributed by atoms with Crippen molar-refractivity contribution in [1.82, 2.24) is 10.2 Å². The third-order valence-electron chi connectivity index (χ3n) is 3.41. The monoisotopic (exact) mass is 214 g/mol. The molecule has 1 saturated heterocycles. The number of rotatable bonds is 6. The van der Waals surface area contributed by atoms with E-state index in [9.17, 15) is 0 Å². The largest absolute Gasteiger partial charge is 0.383 e. The first kappa shape index (κ1) is 12.9. The van der Waals surface area contributed by atoms with Crippen LogP contribution in [0.3, 0.4) is 0 Å². The fourth-order valence-electron chi connectivity index (χ4n) is 2.42. The van der Waals surface area contributed by atoms with Crippen molar-refractivity contribution in [2.75, 3.05) is 33.4 Å². The van der Waals surface area contributed by atoms with E-state index in [1.807, 2.05) is 0 Å². The molecule has 90 valence electrons. The topological polar surface area (TPSA) is 24.5 Å². The van der Waals surface area contributed by atoms with Crippen LogP contribution in [-0.4, -0.2) is 50.3 Å². The zero-order chi connectivity index (χ0) is 11.1. The molecular formula is C12H26N2O. The number of hydrogen-bond acceptors (Lipinski definition) is 3. The molecule has 1 fully saturated rings. The third kappa shape index (κ3) is 4.49. The number of likely N-dealkylation sites (tertiary alicyclic amines) is 1. The van der Waals surface area contributed by atoms with Gasteiger partial charge in [-0.2, -0.15) is 0 Å². The summed E-state index contributed by atoms with van der Waals surface area (Å²) in [6.07, 6.45) is 4.13. The predicted octanol–water partition coefficient (Wildman–Crippen LogP) is 1.49. The summed E-state index contributed by atoms with van der Waals surface area (Å²) in [5.41, 5.74) is 0. The fourth-order valence-corrected chi connectivity index (χ4v) is 2.42. The first-order chi connectivity index (χ1) is 7.25. The molecule has 1 heterocycles. The van der Waals surface area contributed by atoms with Crippen LogP contribution >= 0.6 is 0 Å². The normalized spacial score (nSPS) is 28.2. The van der Waals surface area contributed by atoms with Gasteiger partial charge in [-0.05, 0) is 26.7 Å². The van der Waals surface area contributed by atoms with Gasteiger partial charge in [0.1, 0.15) is 0 Å². The van der Waals surface area contributed by atoms with Crippen LogP contribution in [0.25, 0.3) is 0 Å². The number of methoxy groups -OCH3 is 1. The Morgan fingerprint density at radius 1 is 1.20 bits per heavy atom. The van der Waals surface area contributed by atoms with Gasteiger partial charge in [0, 0.05) is 38.8 Å². The molecule has 0 aromatic rings. The van der Waals surface area contributed by atoms with Crippen LogP contribution in [0.15, 0.2) is 0 Å². The van der Waals surface area contributed by atoms with E-state index < -0.39 is 0 Å². The Morgan fingerprint density at radius 3 is 2.47 bits per heavy atom. The maximum absolute atomic E-state index is 5.00. The molecule has 0 aromatic heterocycles. The van der Waals surface area contributed by atoms with E-state index in [1.165, 1.54) is 25.8 Å². The maximum atomic E-state index is 5.00. The van der Waals surface area contributed by atoms with Crippen molar-refractivity contribution < 1.29 is 4.74 Å². The Labute approximate surface area is 94.2 Å². The summed E-state index contributed by atoms with van der Waals surface area (Å²) in [6.45, 7) is 8.73. The zero-order valence-electron chi connectivity index (χ0n) is 10.5. The van der Waals surface area contributed by atoms with Crippen molar-refractivity contribution >= 4 is 0 Å². The lowest BCUT2D eigenvalue weighted by molar-refractivity contribution is 0.103.